The first-order chi connectivity index (χ1) is 7.66. The second-order valence-corrected chi connectivity index (χ2v) is 5.17. The molecule has 0 bridgehead atoms. The molecule has 0 aromatic carbocycles. The van der Waals surface area contributed by atoms with Gasteiger partial charge in [-0.25, -0.2) is 0 Å². The highest BCUT2D eigenvalue weighted by atomic mass is 16.2. The van der Waals surface area contributed by atoms with Crippen molar-refractivity contribution in [2.75, 3.05) is 33.2 Å². The highest BCUT2D eigenvalue weighted by Gasteiger charge is 2.26. The first-order valence-electron chi connectivity index (χ1n) is 6.38. The van der Waals surface area contributed by atoms with Crippen molar-refractivity contribution in [3.8, 4) is 0 Å². The van der Waals surface area contributed by atoms with Crippen molar-refractivity contribution < 1.29 is 4.79 Å². The Balaban J connectivity index is 1.80. The van der Waals surface area contributed by atoms with Crippen LogP contribution in [0.2, 0.25) is 0 Å². The van der Waals surface area contributed by atoms with Crippen LogP contribution in [0.4, 0.5) is 0 Å². The maximum absolute atomic E-state index is 12.1. The van der Waals surface area contributed by atoms with E-state index in [4.69, 9.17) is 0 Å². The summed E-state index contributed by atoms with van der Waals surface area (Å²) in [5, 5.41) is 3.39. The maximum Gasteiger partial charge on any atom is 0.224 e. The molecule has 0 radical (unpaired) electrons. The molecule has 0 aromatic rings. The van der Waals surface area contributed by atoms with E-state index >= 15 is 0 Å². The third kappa shape index (κ3) is 2.74. The second-order valence-electron chi connectivity index (χ2n) is 5.17. The van der Waals surface area contributed by atoms with Crippen LogP contribution >= 0.6 is 0 Å². The Morgan fingerprint density at radius 1 is 1.44 bits per heavy atom. The lowest BCUT2D eigenvalue weighted by molar-refractivity contribution is -0.134. The predicted octanol–water partition coefficient (Wildman–Crippen LogP) is 0.291. The smallest absolute Gasteiger partial charge is 0.224 e. The van der Waals surface area contributed by atoms with E-state index in [1.165, 1.54) is 6.42 Å². The van der Waals surface area contributed by atoms with Crippen LogP contribution in [0.1, 0.15) is 26.2 Å². The largest absolute Gasteiger partial charge is 0.340 e. The van der Waals surface area contributed by atoms with Crippen LogP contribution in [0.5, 0.6) is 0 Å². The van der Waals surface area contributed by atoms with Crippen molar-refractivity contribution >= 4 is 5.91 Å². The number of nitrogens with one attached hydrogen (secondary N) is 1. The van der Waals surface area contributed by atoms with Gasteiger partial charge in [0.05, 0.1) is 0 Å². The molecule has 0 spiro atoms. The molecule has 2 unspecified atom stereocenters. The van der Waals surface area contributed by atoms with Gasteiger partial charge < -0.3 is 15.1 Å². The van der Waals surface area contributed by atoms with Crippen molar-refractivity contribution in [2.24, 2.45) is 0 Å². The molecule has 16 heavy (non-hydrogen) atoms. The summed E-state index contributed by atoms with van der Waals surface area (Å²) < 4.78 is 0. The molecule has 1 N–H and O–H groups in total. The molecule has 2 aliphatic heterocycles. The molecule has 0 saturated carbocycles. The van der Waals surface area contributed by atoms with Gasteiger partial charge in [0.15, 0.2) is 0 Å². The Morgan fingerprint density at radius 2 is 2.25 bits per heavy atom. The van der Waals surface area contributed by atoms with Crippen LogP contribution < -0.4 is 5.32 Å². The van der Waals surface area contributed by atoms with Crippen molar-refractivity contribution in [1.29, 1.82) is 0 Å². The number of likely N-dealkylation sites (N-methyl/N-ethyl adjacent to an activating group) is 1. The summed E-state index contributed by atoms with van der Waals surface area (Å²) in [4.78, 5) is 16.4. The van der Waals surface area contributed by atoms with Crippen LogP contribution in [0, 0.1) is 0 Å². The standard InChI is InChI=1S/C12H23N3O/c1-10-9-15(7-6-14(10)2)12(16)8-11-4-3-5-13-11/h10-11,13H,3-9H2,1-2H3. The van der Waals surface area contributed by atoms with Crippen LogP contribution in [-0.4, -0.2) is 61.0 Å². The highest BCUT2D eigenvalue weighted by molar-refractivity contribution is 5.77. The minimum Gasteiger partial charge on any atom is -0.340 e. The second kappa shape index (κ2) is 5.15. The number of carbonyl (C=O) groups excluding carboxylic acids is 1. The molecule has 4 heteroatoms. The van der Waals surface area contributed by atoms with Gasteiger partial charge in [-0.05, 0) is 33.4 Å². The van der Waals surface area contributed by atoms with Gasteiger partial charge in [0.1, 0.15) is 0 Å². The quantitative estimate of drug-likeness (QED) is 0.734. The number of piperazine rings is 1. The summed E-state index contributed by atoms with van der Waals surface area (Å²) in [6.45, 7) is 6.06. The van der Waals surface area contributed by atoms with Gasteiger partial charge in [-0.3, -0.25) is 4.79 Å². The SMILES string of the molecule is CC1CN(C(=O)CC2CCCN2)CCN1C. The lowest BCUT2D eigenvalue weighted by Crippen LogP contribution is -2.52. The van der Waals surface area contributed by atoms with Crippen molar-refractivity contribution in [1.82, 2.24) is 15.1 Å². The van der Waals surface area contributed by atoms with E-state index in [1.54, 1.807) is 0 Å². The van der Waals surface area contributed by atoms with Gasteiger partial charge in [-0.15, -0.1) is 0 Å². The fourth-order valence-electron chi connectivity index (χ4n) is 2.55. The molecule has 2 atom stereocenters. The van der Waals surface area contributed by atoms with E-state index in [1.807, 2.05) is 4.90 Å². The average Bonchev–Trinajstić information content (AvgIpc) is 2.74. The molecule has 2 rings (SSSR count). The molecule has 2 heterocycles. The summed E-state index contributed by atoms with van der Waals surface area (Å²) in [5.41, 5.74) is 0. The third-order valence-electron chi connectivity index (χ3n) is 3.90. The fraction of sp³-hybridized carbons (Fsp3) is 0.917. The zero-order valence-corrected chi connectivity index (χ0v) is 10.4. The lowest BCUT2D eigenvalue weighted by Gasteiger charge is -2.38. The van der Waals surface area contributed by atoms with Crippen LogP contribution in [-0.2, 0) is 4.79 Å². The van der Waals surface area contributed by atoms with Crippen LogP contribution in [0.15, 0.2) is 0 Å². The molecule has 92 valence electrons. The minimum atomic E-state index is 0.333. The first-order valence-corrected chi connectivity index (χ1v) is 6.38. The van der Waals surface area contributed by atoms with Gasteiger partial charge in [-0.1, -0.05) is 0 Å². The Labute approximate surface area is 98.0 Å². The van der Waals surface area contributed by atoms with Gasteiger partial charge in [-0.2, -0.15) is 0 Å². The van der Waals surface area contributed by atoms with Gasteiger partial charge in [0.2, 0.25) is 5.91 Å². The fourth-order valence-corrected chi connectivity index (χ4v) is 2.55. The summed E-state index contributed by atoms with van der Waals surface area (Å²) >= 11 is 0. The molecule has 4 nitrogen and oxygen atoms in total. The Kier molecular flexibility index (Phi) is 3.82. The predicted molar refractivity (Wildman–Crippen MR) is 64.3 cm³/mol. The Morgan fingerprint density at radius 3 is 2.88 bits per heavy atom. The maximum atomic E-state index is 12.1. The minimum absolute atomic E-state index is 0.333. The normalized spacial score (nSPS) is 32.0. The van der Waals surface area contributed by atoms with E-state index in [2.05, 4.69) is 24.2 Å². The number of carbonyl (C=O) groups is 1. The number of amides is 1. The molecule has 2 saturated heterocycles. The van der Waals surface area contributed by atoms with E-state index in [0.29, 0.717) is 24.4 Å². The molecular weight excluding hydrogens is 202 g/mol. The molecule has 0 aliphatic carbocycles. The summed E-state index contributed by atoms with van der Waals surface area (Å²) in [6, 6.07) is 0.927. The number of nitrogens with zero attached hydrogens (tertiary/aromatic N) is 2. The van der Waals surface area contributed by atoms with E-state index in [-0.39, 0.29) is 0 Å². The van der Waals surface area contributed by atoms with E-state index < -0.39 is 0 Å². The third-order valence-corrected chi connectivity index (χ3v) is 3.90. The molecule has 1 amide bonds. The lowest BCUT2D eigenvalue weighted by atomic mass is 10.1. The zero-order chi connectivity index (χ0) is 11.5. The molecule has 0 aromatic heterocycles. The number of rotatable bonds is 2. The Hall–Kier alpha value is -0.610. The van der Waals surface area contributed by atoms with Crippen molar-refractivity contribution in [3.63, 3.8) is 0 Å². The van der Waals surface area contributed by atoms with Crippen LogP contribution in [0.25, 0.3) is 0 Å². The van der Waals surface area contributed by atoms with Gasteiger partial charge in [0.25, 0.3) is 0 Å². The van der Waals surface area contributed by atoms with Crippen molar-refractivity contribution in [2.45, 2.75) is 38.3 Å². The number of hydrogen-bond donors (Lipinski definition) is 1. The summed E-state index contributed by atoms with van der Waals surface area (Å²) in [6.07, 6.45) is 3.07. The molecule has 2 fully saturated rings. The number of hydrogen-bond acceptors (Lipinski definition) is 3. The summed E-state index contributed by atoms with van der Waals surface area (Å²) in [5.74, 6) is 0.333. The topological polar surface area (TPSA) is 35.6 Å². The highest BCUT2D eigenvalue weighted by Crippen LogP contribution is 2.13. The average molecular weight is 225 g/mol. The zero-order valence-electron chi connectivity index (χ0n) is 10.4. The Bertz CT molecular complexity index is 251. The van der Waals surface area contributed by atoms with Gasteiger partial charge in [0, 0.05) is 38.1 Å². The monoisotopic (exact) mass is 225 g/mol. The molecule has 2 aliphatic rings. The van der Waals surface area contributed by atoms with E-state index in [9.17, 15) is 4.79 Å². The van der Waals surface area contributed by atoms with Gasteiger partial charge >= 0.3 is 0 Å². The molecular formula is C12H23N3O. The van der Waals surface area contributed by atoms with Crippen LogP contribution in [0.3, 0.4) is 0 Å². The van der Waals surface area contributed by atoms with Crippen molar-refractivity contribution in [3.05, 3.63) is 0 Å². The first kappa shape index (κ1) is 11.9. The summed E-state index contributed by atoms with van der Waals surface area (Å²) in [7, 11) is 2.13. The van der Waals surface area contributed by atoms with E-state index in [0.717, 1.165) is 32.6 Å².